The fourth-order valence-corrected chi connectivity index (χ4v) is 6.25. The van der Waals surface area contributed by atoms with E-state index in [-0.39, 0.29) is 0 Å². The smallest absolute Gasteiger partial charge is 0.0903 e. The molecule has 2 fully saturated rings. The zero-order chi connectivity index (χ0) is 31.2. The van der Waals surface area contributed by atoms with Gasteiger partial charge in [0.15, 0.2) is 0 Å². The minimum Gasteiger partial charge on any atom is -0.398 e. The summed E-state index contributed by atoms with van der Waals surface area (Å²) in [6, 6.07) is 12.1. The van der Waals surface area contributed by atoms with Crippen LogP contribution in [-0.4, -0.2) is 71.8 Å². The van der Waals surface area contributed by atoms with Crippen LogP contribution in [0.15, 0.2) is 79.1 Å². The molecule has 44 heavy (non-hydrogen) atoms. The Balaban J connectivity index is 1.39. The van der Waals surface area contributed by atoms with Gasteiger partial charge >= 0.3 is 0 Å². The first-order valence-electron chi connectivity index (χ1n) is 15.4. The van der Waals surface area contributed by atoms with Gasteiger partial charge in [0.2, 0.25) is 0 Å². The predicted octanol–water partition coefficient (Wildman–Crippen LogP) is 6.37. The Bertz CT molecular complexity index is 1560. The first-order chi connectivity index (χ1) is 21.3. The number of aliphatic imine (C=N–C) groups is 1. The molecule has 8 heteroatoms. The lowest BCUT2D eigenvalue weighted by molar-refractivity contribution is 0.120. The third kappa shape index (κ3) is 7.02. The molecule has 2 aliphatic rings. The van der Waals surface area contributed by atoms with Gasteiger partial charge in [-0.3, -0.25) is 19.8 Å². The SMILES string of the molecule is C=CC1CN(C/C(CNC)=N/C=C(\C)c2cccc(-c3cccc(-c4cnc(CN5CC(C=C)C5)c(CC)n4)c3Cl)c2N)C1. The Hall–Kier alpha value is -3.62. The zero-order valence-corrected chi connectivity index (χ0v) is 26.9. The number of aryl methyl sites for hydroxylation is 1. The predicted molar refractivity (Wildman–Crippen MR) is 186 cm³/mol. The van der Waals surface area contributed by atoms with Crippen molar-refractivity contribution in [3.8, 4) is 22.4 Å². The van der Waals surface area contributed by atoms with Crippen molar-refractivity contribution in [1.29, 1.82) is 0 Å². The standard InChI is InChI=1S/C36H44ClN7/c1-6-25-18-43(19-25)22-27(16-39-5)40-15-24(4)28-11-9-13-30(36(28)38)29-12-10-14-31(35(29)37)33-17-41-34(32(8-3)42-33)23-44-20-26(7-2)21-44/h6-7,9-15,17,25-26,39H,1-2,8,16,18-23,38H2,3-5H3/b24-15+,40-27+. The van der Waals surface area contributed by atoms with E-state index in [1.807, 2.05) is 74.9 Å². The summed E-state index contributed by atoms with van der Waals surface area (Å²) in [4.78, 5) is 19.5. The summed E-state index contributed by atoms with van der Waals surface area (Å²) in [7, 11) is 1.95. The molecule has 0 amide bonds. The van der Waals surface area contributed by atoms with Crippen LogP contribution in [0, 0.1) is 11.8 Å². The lowest BCUT2D eigenvalue weighted by Gasteiger charge is -2.37. The second-order valence-electron chi connectivity index (χ2n) is 11.9. The minimum atomic E-state index is 0.573. The number of allylic oxidation sites excluding steroid dienone is 1. The van der Waals surface area contributed by atoms with Gasteiger partial charge in [0.25, 0.3) is 0 Å². The highest BCUT2D eigenvalue weighted by molar-refractivity contribution is 6.36. The van der Waals surface area contributed by atoms with Crippen molar-refractivity contribution >= 4 is 28.6 Å². The molecule has 3 heterocycles. The van der Waals surface area contributed by atoms with Crippen LogP contribution in [0.1, 0.15) is 30.8 Å². The second kappa shape index (κ2) is 14.4. The molecule has 7 nitrogen and oxygen atoms in total. The minimum absolute atomic E-state index is 0.573. The largest absolute Gasteiger partial charge is 0.398 e. The number of aromatic nitrogens is 2. The highest BCUT2D eigenvalue weighted by atomic mass is 35.5. The van der Waals surface area contributed by atoms with Gasteiger partial charge in [0.1, 0.15) is 0 Å². The van der Waals surface area contributed by atoms with Gasteiger partial charge in [0, 0.05) is 97.5 Å². The molecule has 230 valence electrons. The van der Waals surface area contributed by atoms with Gasteiger partial charge < -0.3 is 11.1 Å². The van der Waals surface area contributed by atoms with Crippen LogP contribution in [0.25, 0.3) is 28.0 Å². The number of likely N-dealkylation sites (tertiary alicyclic amines) is 2. The molecule has 5 rings (SSSR count). The van der Waals surface area contributed by atoms with E-state index >= 15 is 0 Å². The lowest BCUT2D eigenvalue weighted by atomic mass is 9.95. The highest BCUT2D eigenvalue weighted by Crippen LogP contribution is 2.40. The van der Waals surface area contributed by atoms with Crippen molar-refractivity contribution < 1.29 is 0 Å². The first kappa shape index (κ1) is 31.8. The van der Waals surface area contributed by atoms with Crippen molar-refractivity contribution in [1.82, 2.24) is 25.1 Å². The van der Waals surface area contributed by atoms with Crippen molar-refractivity contribution in [3.63, 3.8) is 0 Å². The van der Waals surface area contributed by atoms with Crippen molar-refractivity contribution in [2.45, 2.75) is 26.8 Å². The summed E-state index contributed by atoms with van der Waals surface area (Å²) < 4.78 is 0. The number of nitrogens with two attached hydrogens (primary N) is 1. The number of hydrogen-bond acceptors (Lipinski definition) is 7. The summed E-state index contributed by atoms with van der Waals surface area (Å²) in [5.74, 6) is 1.15. The summed E-state index contributed by atoms with van der Waals surface area (Å²) in [6.45, 7) is 18.5. The maximum absolute atomic E-state index is 7.10. The highest BCUT2D eigenvalue weighted by Gasteiger charge is 2.26. The van der Waals surface area contributed by atoms with E-state index in [4.69, 9.17) is 32.3 Å². The van der Waals surface area contributed by atoms with Gasteiger partial charge in [-0.15, -0.1) is 13.2 Å². The van der Waals surface area contributed by atoms with E-state index in [0.29, 0.717) is 22.5 Å². The summed E-state index contributed by atoms with van der Waals surface area (Å²) in [5.41, 5.74) is 15.9. The number of para-hydroxylation sites is 1. The molecule has 0 unspecified atom stereocenters. The number of rotatable bonds is 13. The van der Waals surface area contributed by atoms with Crippen LogP contribution < -0.4 is 11.1 Å². The van der Waals surface area contributed by atoms with Gasteiger partial charge in [-0.1, -0.05) is 67.1 Å². The van der Waals surface area contributed by atoms with Crippen LogP contribution >= 0.6 is 11.6 Å². The van der Waals surface area contributed by atoms with E-state index in [9.17, 15) is 0 Å². The van der Waals surface area contributed by atoms with Gasteiger partial charge in [0.05, 0.1) is 28.3 Å². The Morgan fingerprint density at radius 3 is 2.36 bits per heavy atom. The number of nitrogens with zero attached hydrogens (tertiary/aromatic N) is 5. The molecular weight excluding hydrogens is 566 g/mol. The molecule has 0 bridgehead atoms. The second-order valence-corrected chi connectivity index (χ2v) is 12.2. The molecule has 0 aliphatic carbocycles. The molecule has 3 N–H and O–H groups in total. The Labute approximate surface area is 267 Å². The number of halogens is 1. The zero-order valence-electron chi connectivity index (χ0n) is 26.2. The average molecular weight is 610 g/mol. The van der Waals surface area contributed by atoms with Crippen LogP contribution in [0.5, 0.6) is 0 Å². The Morgan fingerprint density at radius 1 is 1.02 bits per heavy atom. The van der Waals surface area contributed by atoms with E-state index in [1.165, 1.54) is 0 Å². The normalized spacial score (nSPS) is 16.9. The number of hydrogen-bond donors (Lipinski definition) is 2. The van der Waals surface area contributed by atoms with Gasteiger partial charge in [-0.05, 0) is 26.0 Å². The third-order valence-corrected chi connectivity index (χ3v) is 9.01. The van der Waals surface area contributed by atoms with E-state index in [1.54, 1.807) is 0 Å². The van der Waals surface area contributed by atoms with Gasteiger partial charge in [-0.25, -0.2) is 4.98 Å². The Morgan fingerprint density at radius 2 is 1.68 bits per heavy atom. The van der Waals surface area contributed by atoms with Crippen LogP contribution in [0.4, 0.5) is 5.69 Å². The fourth-order valence-electron chi connectivity index (χ4n) is 5.93. The maximum atomic E-state index is 7.10. The molecule has 2 saturated heterocycles. The monoisotopic (exact) mass is 609 g/mol. The molecule has 0 spiro atoms. The summed E-state index contributed by atoms with van der Waals surface area (Å²) in [6.07, 6.45) is 8.64. The van der Waals surface area contributed by atoms with Crippen LogP contribution in [0.3, 0.4) is 0 Å². The summed E-state index contributed by atoms with van der Waals surface area (Å²) in [5, 5.41) is 3.85. The third-order valence-electron chi connectivity index (χ3n) is 8.60. The molecule has 3 aromatic rings. The molecular formula is C36H44ClN7. The van der Waals surface area contributed by atoms with Crippen molar-refractivity contribution in [2.75, 3.05) is 52.0 Å². The first-order valence-corrected chi connectivity index (χ1v) is 15.8. The lowest BCUT2D eigenvalue weighted by Crippen LogP contribution is -2.48. The van der Waals surface area contributed by atoms with E-state index in [2.05, 4.69) is 35.2 Å². The maximum Gasteiger partial charge on any atom is 0.0903 e. The molecule has 1 aromatic heterocycles. The fraction of sp³-hybridized carbons (Fsp3) is 0.361. The number of benzene rings is 2. The molecule has 0 saturated carbocycles. The van der Waals surface area contributed by atoms with Crippen molar-refractivity contribution in [2.24, 2.45) is 16.8 Å². The number of anilines is 1. The van der Waals surface area contributed by atoms with Gasteiger partial charge in [-0.2, -0.15) is 0 Å². The molecule has 0 radical (unpaired) electrons. The topological polar surface area (TPSA) is 82.7 Å². The molecule has 2 aliphatic heterocycles. The van der Waals surface area contributed by atoms with Crippen LogP contribution in [-0.2, 0) is 13.0 Å². The number of nitrogen functional groups attached to an aromatic ring is 1. The van der Waals surface area contributed by atoms with Crippen LogP contribution in [0.2, 0.25) is 5.02 Å². The van der Waals surface area contributed by atoms with E-state index in [0.717, 1.165) is 103 Å². The average Bonchev–Trinajstić information content (AvgIpc) is 2.99. The molecule has 0 atom stereocenters. The Kier molecular flexibility index (Phi) is 10.4. The van der Waals surface area contributed by atoms with Crippen molar-refractivity contribution in [3.05, 3.63) is 96.1 Å². The summed E-state index contributed by atoms with van der Waals surface area (Å²) >= 11 is 7.10. The number of nitrogens with one attached hydrogen (secondary N) is 1. The van der Waals surface area contributed by atoms with E-state index < -0.39 is 0 Å². The molecule has 2 aromatic carbocycles. The quantitative estimate of drug-likeness (QED) is 0.133.